The molecule has 1 aromatic carbocycles. The highest BCUT2D eigenvalue weighted by molar-refractivity contribution is 8.01. The zero-order valence-electron chi connectivity index (χ0n) is 11.8. The number of rotatable bonds is 5. The maximum absolute atomic E-state index is 11.8. The summed E-state index contributed by atoms with van der Waals surface area (Å²) in [4.78, 5) is 24.4. The quantitative estimate of drug-likeness (QED) is 0.884. The maximum atomic E-state index is 11.8. The number of thiophene rings is 1. The Morgan fingerprint density at radius 2 is 1.90 bits per heavy atom. The molecule has 0 saturated heterocycles. The highest BCUT2D eigenvalue weighted by Gasteiger charge is 2.17. The fourth-order valence-corrected chi connectivity index (χ4v) is 3.76. The number of nitrogens with two attached hydrogens (primary N) is 1. The molecule has 21 heavy (non-hydrogen) atoms. The smallest absolute Gasteiger partial charge is 0.251 e. The summed E-state index contributed by atoms with van der Waals surface area (Å²) in [6, 6.07) is 11.5. The molecular formula is C15H16N2O2S2. The number of carbonyl (C=O) groups excluding carboxylic acids is 2. The summed E-state index contributed by atoms with van der Waals surface area (Å²) in [5, 5.41) is 3.28. The number of carbonyl (C=O) groups is 2. The normalized spacial score (nSPS) is 10.6. The van der Waals surface area contributed by atoms with Crippen molar-refractivity contribution in [3.63, 3.8) is 0 Å². The van der Waals surface area contributed by atoms with Gasteiger partial charge in [-0.25, -0.2) is 0 Å². The van der Waals surface area contributed by atoms with Gasteiger partial charge < -0.3 is 11.1 Å². The van der Waals surface area contributed by atoms with Crippen LogP contribution in [0, 0.1) is 5.92 Å². The molecule has 0 aliphatic heterocycles. The standard InChI is InChI=1S/C15H16N2O2S2/c1-9(2)14(19)17-15-11(13(16)18)8-12(21-15)20-10-6-4-3-5-7-10/h3-9H,1-2H3,(H2,16,18)(H,17,19). The predicted octanol–water partition coefficient (Wildman–Crippen LogP) is 3.59. The van der Waals surface area contributed by atoms with Gasteiger partial charge in [0.05, 0.1) is 9.77 Å². The largest absolute Gasteiger partial charge is 0.366 e. The summed E-state index contributed by atoms with van der Waals surface area (Å²) >= 11 is 2.89. The Balaban J connectivity index is 2.25. The number of amides is 2. The molecule has 0 aliphatic carbocycles. The van der Waals surface area contributed by atoms with Crippen LogP contribution in [0.5, 0.6) is 0 Å². The first-order valence-electron chi connectivity index (χ1n) is 6.44. The van der Waals surface area contributed by atoms with Crippen molar-refractivity contribution in [3.05, 3.63) is 42.0 Å². The lowest BCUT2D eigenvalue weighted by Gasteiger charge is -2.06. The highest BCUT2D eigenvalue weighted by Crippen LogP contribution is 2.38. The van der Waals surface area contributed by atoms with Crippen LogP contribution in [-0.4, -0.2) is 11.8 Å². The summed E-state index contributed by atoms with van der Waals surface area (Å²) in [6.07, 6.45) is 0. The van der Waals surface area contributed by atoms with Gasteiger partial charge in [0.2, 0.25) is 5.91 Å². The molecule has 0 bridgehead atoms. The molecule has 6 heteroatoms. The maximum Gasteiger partial charge on any atom is 0.251 e. The van der Waals surface area contributed by atoms with Crippen LogP contribution in [0.1, 0.15) is 24.2 Å². The van der Waals surface area contributed by atoms with E-state index < -0.39 is 5.91 Å². The average molecular weight is 320 g/mol. The molecule has 0 atom stereocenters. The van der Waals surface area contributed by atoms with Crippen molar-refractivity contribution in [1.82, 2.24) is 0 Å². The molecular weight excluding hydrogens is 304 g/mol. The molecule has 110 valence electrons. The summed E-state index contributed by atoms with van der Waals surface area (Å²) in [7, 11) is 0. The molecule has 0 aliphatic rings. The predicted molar refractivity (Wildman–Crippen MR) is 86.9 cm³/mol. The average Bonchev–Trinajstić information content (AvgIpc) is 2.82. The lowest BCUT2D eigenvalue weighted by Crippen LogP contribution is -2.20. The van der Waals surface area contributed by atoms with Gasteiger partial charge in [0.1, 0.15) is 5.00 Å². The topological polar surface area (TPSA) is 72.2 Å². The van der Waals surface area contributed by atoms with Crippen molar-refractivity contribution < 1.29 is 9.59 Å². The number of hydrogen-bond donors (Lipinski definition) is 2. The first kappa shape index (κ1) is 15.6. The van der Waals surface area contributed by atoms with Crippen molar-refractivity contribution in [2.75, 3.05) is 5.32 Å². The van der Waals surface area contributed by atoms with Crippen LogP contribution in [-0.2, 0) is 4.79 Å². The van der Waals surface area contributed by atoms with E-state index in [4.69, 9.17) is 5.73 Å². The zero-order valence-corrected chi connectivity index (χ0v) is 13.4. The van der Waals surface area contributed by atoms with Crippen LogP contribution in [0.4, 0.5) is 5.00 Å². The van der Waals surface area contributed by atoms with Crippen molar-refractivity contribution in [2.24, 2.45) is 11.7 Å². The third-order valence-electron chi connectivity index (χ3n) is 2.70. The number of benzene rings is 1. The molecule has 0 spiro atoms. The van der Waals surface area contributed by atoms with Crippen molar-refractivity contribution >= 4 is 39.9 Å². The molecule has 3 N–H and O–H groups in total. The molecule has 2 amide bonds. The number of primary amides is 1. The summed E-state index contributed by atoms with van der Waals surface area (Å²) < 4.78 is 0.911. The second-order valence-corrected chi connectivity index (χ2v) is 7.16. The van der Waals surface area contributed by atoms with Crippen LogP contribution in [0.2, 0.25) is 0 Å². The first-order chi connectivity index (χ1) is 9.97. The molecule has 0 saturated carbocycles. The van der Waals surface area contributed by atoms with E-state index >= 15 is 0 Å². The van der Waals surface area contributed by atoms with Gasteiger partial charge in [-0.2, -0.15) is 0 Å². The molecule has 0 radical (unpaired) electrons. The molecule has 1 aromatic heterocycles. The van der Waals surface area contributed by atoms with Gasteiger partial charge in [-0.3, -0.25) is 9.59 Å². The lowest BCUT2D eigenvalue weighted by atomic mass is 10.2. The van der Waals surface area contributed by atoms with Crippen molar-refractivity contribution in [2.45, 2.75) is 23.0 Å². The van der Waals surface area contributed by atoms with E-state index in [1.165, 1.54) is 23.1 Å². The summed E-state index contributed by atoms with van der Waals surface area (Å²) in [5.74, 6) is -0.820. The van der Waals surface area contributed by atoms with Crippen LogP contribution in [0.25, 0.3) is 0 Å². The Kier molecular flexibility index (Phi) is 5.03. The van der Waals surface area contributed by atoms with Crippen LogP contribution in [0.15, 0.2) is 45.5 Å². The minimum absolute atomic E-state index is 0.129. The fraction of sp³-hybridized carbons (Fsp3) is 0.200. The Morgan fingerprint density at radius 3 is 2.48 bits per heavy atom. The van der Waals surface area contributed by atoms with Crippen LogP contribution >= 0.6 is 23.1 Å². The molecule has 2 aromatic rings. The number of nitrogens with one attached hydrogen (secondary N) is 1. The van der Waals surface area contributed by atoms with E-state index in [0.29, 0.717) is 10.6 Å². The van der Waals surface area contributed by atoms with Crippen LogP contribution in [0.3, 0.4) is 0 Å². The first-order valence-corrected chi connectivity index (χ1v) is 8.08. The molecule has 0 unspecified atom stereocenters. The monoisotopic (exact) mass is 320 g/mol. The summed E-state index contributed by atoms with van der Waals surface area (Å²) in [5.41, 5.74) is 5.73. The Morgan fingerprint density at radius 1 is 1.24 bits per heavy atom. The minimum Gasteiger partial charge on any atom is -0.366 e. The van der Waals surface area contributed by atoms with Gasteiger partial charge in [-0.1, -0.05) is 43.8 Å². The zero-order chi connectivity index (χ0) is 15.4. The van der Waals surface area contributed by atoms with E-state index in [2.05, 4.69) is 5.32 Å². The Hall–Kier alpha value is -1.79. The van der Waals surface area contributed by atoms with Gasteiger partial charge in [-0.05, 0) is 18.2 Å². The van der Waals surface area contributed by atoms with E-state index in [0.717, 1.165) is 9.10 Å². The van der Waals surface area contributed by atoms with Gasteiger partial charge in [0.25, 0.3) is 5.91 Å². The van der Waals surface area contributed by atoms with Gasteiger partial charge in [0.15, 0.2) is 0 Å². The number of anilines is 1. The minimum atomic E-state index is -0.537. The fourth-order valence-electron chi connectivity index (χ4n) is 1.56. The lowest BCUT2D eigenvalue weighted by molar-refractivity contribution is -0.118. The molecule has 0 fully saturated rings. The SMILES string of the molecule is CC(C)C(=O)Nc1sc(Sc2ccccc2)cc1C(N)=O. The molecule has 2 rings (SSSR count). The second-order valence-electron chi connectivity index (χ2n) is 4.73. The molecule has 1 heterocycles. The Bertz CT molecular complexity index is 651. The van der Waals surface area contributed by atoms with Gasteiger partial charge >= 0.3 is 0 Å². The number of hydrogen-bond acceptors (Lipinski definition) is 4. The van der Waals surface area contributed by atoms with E-state index in [1.807, 2.05) is 30.3 Å². The van der Waals surface area contributed by atoms with Crippen molar-refractivity contribution in [1.29, 1.82) is 0 Å². The third kappa shape index (κ3) is 4.09. The van der Waals surface area contributed by atoms with E-state index in [1.54, 1.807) is 19.9 Å². The second kappa shape index (κ2) is 6.78. The third-order valence-corrected chi connectivity index (χ3v) is 4.87. The summed E-state index contributed by atoms with van der Waals surface area (Å²) in [6.45, 7) is 3.60. The van der Waals surface area contributed by atoms with E-state index in [-0.39, 0.29) is 11.8 Å². The Labute approximate surface area is 131 Å². The highest BCUT2D eigenvalue weighted by atomic mass is 32.2. The molecule has 4 nitrogen and oxygen atoms in total. The van der Waals surface area contributed by atoms with Gasteiger partial charge in [-0.15, -0.1) is 11.3 Å². The van der Waals surface area contributed by atoms with E-state index in [9.17, 15) is 9.59 Å². The van der Waals surface area contributed by atoms with Crippen LogP contribution < -0.4 is 11.1 Å². The van der Waals surface area contributed by atoms with Gasteiger partial charge in [0, 0.05) is 10.8 Å². The van der Waals surface area contributed by atoms with Crippen molar-refractivity contribution in [3.8, 4) is 0 Å².